The van der Waals surface area contributed by atoms with E-state index in [9.17, 15) is 9.18 Å². The number of allylic oxidation sites excluding steroid dienone is 1. The van der Waals surface area contributed by atoms with Gasteiger partial charge in [0.25, 0.3) is 0 Å². The number of thioether (sulfide) groups is 1. The number of benzene rings is 2. The molecule has 1 aromatic heterocycles. The van der Waals surface area contributed by atoms with Gasteiger partial charge in [-0.3, -0.25) is 9.36 Å². The molecule has 0 radical (unpaired) electrons. The summed E-state index contributed by atoms with van der Waals surface area (Å²) in [6, 6.07) is 11.0. The fourth-order valence-corrected chi connectivity index (χ4v) is 3.96. The van der Waals surface area contributed by atoms with E-state index in [1.807, 2.05) is 4.57 Å². The highest BCUT2D eigenvalue weighted by atomic mass is 32.2. The number of amides is 1. The Kier molecular flexibility index (Phi) is 7.13. The van der Waals surface area contributed by atoms with Crippen molar-refractivity contribution in [2.24, 2.45) is 0 Å². The lowest BCUT2D eigenvalue weighted by atomic mass is 10.2. The van der Waals surface area contributed by atoms with E-state index in [2.05, 4.69) is 22.1 Å². The van der Waals surface area contributed by atoms with Crippen LogP contribution in [0.15, 0.2) is 60.3 Å². The summed E-state index contributed by atoms with van der Waals surface area (Å²) >= 11 is 1.28. The van der Waals surface area contributed by atoms with Crippen LogP contribution in [0, 0.1) is 5.82 Å². The third kappa shape index (κ3) is 5.64. The summed E-state index contributed by atoms with van der Waals surface area (Å²) in [5.74, 6) is 1.84. The Hall–Kier alpha value is -3.53. The highest BCUT2D eigenvalue weighted by Crippen LogP contribution is 2.33. The van der Waals surface area contributed by atoms with E-state index < -0.39 is 5.25 Å². The summed E-state index contributed by atoms with van der Waals surface area (Å²) < 4.78 is 31.7. The molecule has 1 N–H and O–H groups in total. The Morgan fingerprint density at radius 3 is 2.76 bits per heavy atom. The molecular formula is C23H23FN4O4S. The maximum absolute atomic E-state index is 13.1. The topological polar surface area (TPSA) is 87.5 Å². The minimum absolute atomic E-state index is 0.144. The molecule has 0 fully saturated rings. The summed E-state index contributed by atoms with van der Waals surface area (Å²) in [7, 11) is 0. The Balaban J connectivity index is 1.40. The number of carbonyl (C=O) groups is 1. The largest absolute Gasteiger partial charge is 0.486 e. The number of hydrogen-bond acceptors (Lipinski definition) is 7. The number of ether oxygens (including phenoxy) is 3. The molecule has 0 unspecified atom stereocenters. The number of aromatic nitrogens is 3. The Morgan fingerprint density at radius 1 is 1.24 bits per heavy atom. The van der Waals surface area contributed by atoms with E-state index in [1.165, 1.54) is 23.9 Å². The second kappa shape index (κ2) is 10.4. The lowest BCUT2D eigenvalue weighted by Gasteiger charge is -2.19. The third-order valence-electron chi connectivity index (χ3n) is 4.75. The predicted octanol–water partition coefficient (Wildman–Crippen LogP) is 4.07. The van der Waals surface area contributed by atoms with Crippen LogP contribution in [0.5, 0.6) is 17.2 Å². The smallest absolute Gasteiger partial charge is 0.237 e. The zero-order valence-electron chi connectivity index (χ0n) is 18.0. The van der Waals surface area contributed by atoms with Crippen molar-refractivity contribution in [3.8, 4) is 17.2 Å². The molecule has 1 aliphatic heterocycles. The van der Waals surface area contributed by atoms with Gasteiger partial charge in [0.15, 0.2) is 22.5 Å². The molecule has 0 saturated heterocycles. The molecule has 4 rings (SSSR count). The van der Waals surface area contributed by atoms with Gasteiger partial charge in [-0.15, -0.1) is 16.8 Å². The van der Waals surface area contributed by atoms with Gasteiger partial charge in [-0.25, -0.2) is 4.39 Å². The van der Waals surface area contributed by atoms with Crippen LogP contribution in [0.25, 0.3) is 0 Å². The first-order chi connectivity index (χ1) is 16.0. The normalized spacial score (nSPS) is 13.3. The molecular weight excluding hydrogens is 447 g/mol. The van der Waals surface area contributed by atoms with Crippen molar-refractivity contribution in [2.75, 3.05) is 18.5 Å². The average molecular weight is 471 g/mol. The summed E-state index contributed by atoms with van der Waals surface area (Å²) in [6.07, 6.45) is 1.72. The first-order valence-corrected chi connectivity index (χ1v) is 11.2. The molecule has 0 bridgehead atoms. The molecule has 1 amide bonds. The molecule has 1 atom stereocenters. The quantitative estimate of drug-likeness (QED) is 0.373. The fourth-order valence-electron chi connectivity index (χ4n) is 3.08. The van der Waals surface area contributed by atoms with E-state index in [1.54, 1.807) is 43.3 Å². The monoisotopic (exact) mass is 470 g/mol. The Morgan fingerprint density at radius 2 is 2.00 bits per heavy atom. The molecule has 3 aromatic rings. The Labute approximate surface area is 194 Å². The number of fused-ring (bicyclic) bond motifs is 1. The van der Waals surface area contributed by atoms with Gasteiger partial charge in [-0.1, -0.05) is 17.8 Å². The van der Waals surface area contributed by atoms with Crippen LogP contribution in [0.2, 0.25) is 0 Å². The van der Waals surface area contributed by atoms with Crippen molar-refractivity contribution in [2.45, 2.75) is 30.5 Å². The number of hydrogen-bond donors (Lipinski definition) is 1. The van der Waals surface area contributed by atoms with Crippen LogP contribution in [-0.2, 0) is 17.9 Å². The van der Waals surface area contributed by atoms with Crippen molar-refractivity contribution in [3.63, 3.8) is 0 Å². The molecule has 2 aromatic carbocycles. The van der Waals surface area contributed by atoms with Gasteiger partial charge in [0.05, 0.1) is 5.25 Å². The summed E-state index contributed by atoms with van der Waals surface area (Å²) in [5, 5.41) is 11.4. The molecule has 2 heterocycles. The number of nitrogens with one attached hydrogen (secondary N) is 1. The van der Waals surface area contributed by atoms with Gasteiger partial charge in [0, 0.05) is 18.3 Å². The van der Waals surface area contributed by atoms with Crippen LogP contribution in [0.1, 0.15) is 12.7 Å². The minimum Gasteiger partial charge on any atom is -0.486 e. The van der Waals surface area contributed by atoms with E-state index in [0.717, 1.165) is 0 Å². The zero-order valence-corrected chi connectivity index (χ0v) is 18.8. The number of nitrogens with zero attached hydrogens (tertiary/aromatic N) is 3. The molecule has 33 heavy (non-hydrogen) atoms. The SMILES string of the molecule is C=CCn1c(COc2ccc(F)cc2)nnc1S[C@@H](C)C(=O)Nc1ccc2c(c1)OCCO2. The van der Waals surface area contributed by atoms with Crippen molar-refractivity contribution in [3.05, 3.63) is 66.8 Å². The second-order valence-corrected chi connectivity index (χ2v) is 8.46. The minimum atomic E-state index is -0.447. The first-order valence-electron chi connectivity index (χ1n) is 10.3. The summed E-state index contributed by atoms with van der Waals surface area (Å²) in [5.41, 5.74) is 0.623. The highest BCUT2D eigenvalue weighted by Gasteiger charge is 2.21. The summed E-state index contributed by atoms with van der Waals surface area (Å²) in [6.45, 7) is 7.15. The fraction of sp³-hybridized carbons (Fsp3) is 0.261. The van der Waals surface area contributed by atoms with E-state index in [4.69, 9.17) is 14.2 Å². The van der Waals surface area contributed by atoms with Gasteiger partial charge < -0.3 is 19.5 Å². The Bertz CT molecular complexity index is 1140. The van der Waals surface area contributed by atoms with Crippen LogP contribution < -0.4 is 19.5 Å². The molecule has 10 heteroatoms. The second-order valence-electron chi connectivity index (χ2n) is 7.15. The summed E-state index contributed by atoms with van der Waals surface area (Å²) in [4.78, 5) is 12.8. The van der Waals surface area contributed by atoms with Crippen LogP contribution in [-0.4, -0.2) is 39.1 Å². The molecule has 0 saturated carbocycles. The van der Waals surface area contributed by atoms with E-state index in [0.29, 0.717) is 53.7 Å². The molecule has 172 valence electrons. The lowest BCUT2D eigenvalue weighted by molar-refractivity contribution is -0.115. The molecule has 0 aliphatic carbocycles. The van der Waals surface area contributed by atoms with Crippen molar-refractivity contribution in [1.29, 1.82) is 0 Å². The van der Waals surface area contributed by atoms with Crippen molar-refractivity contribution < 1.29 is 23.4 Å². The van der Waals surface area contributed by atoms with E-state index >= 15 is 0 Å². The predicted molar refractivity (Wildman–Crippen MR) is 122 cm³/mol. The third-order valence-corrected chi connectivity index (χ3v) is 5.83. The highest BCUT2D eigenvalue weighted by molar-refractivity contribution is 8.00. The molecule has 0 spiro atoms. The molecule has 1 aliphatic rings. The zero-order chi connectivity index (χ0) is 23.2. The molecule has 8 nitrogen and oxygen atoms in total. The maximum Gasteiger partial charge on any atom is 0.237 e. The lowest BCUT2D eigenvalue weighted by Crippen LogP contribution is -2.23. The van der Waals surface area contributed by atoms with Gasteiger partial charge in [0.2, 0.25) is 5.91 Å². The first kappa shape index (κ1) is 22.7. The van der Waals surface area contributed by atoms with Gasteiger partial charge in [-0.05, 0) is 43.3 Å². The van der Waals surface area contributed by atoms with Gasteiger partial charge in [0.1, 0.15) is 31.4 Å². The standard InChI is InChI=1S/C23H23FN4O4S/c1-3-10-28-21(14-32-18-7-4-16(24)5-8-18)26-27-23(28)33-15(2)22(29)25-17-6-9-19-20(13-17)31-12-11-30-19/h3-9,13,15H,1,10-12,14H2,2H3,(H,25,29)/t15-/m0/s1. The van der Waals surface area contributed by atoms with Crippen LogP contribution in [0.4, 0.5) is 10.1 Å². The van der Waals surface area contributed by atoms with E-state index in [-0.39, 0.29) is 18.3 Å². The van der Waals surface area contributed by atoms with Gasteiger partial charge in [-0.2, -0.15) is 0 Å². The van der Waals surface area contributed by atoms with Crippen LogP contribution >= 0.6 is 11.8 Å². The number of rotatable bonds is 9. The average Bonchev–Trinajstić information content (AvgIpc) is 3.20. The van der Waals surface area contributed by atoms with Gasteiger partial charge >= 0.3 is 0 Å². The number of anilines is 1. The van der Waals surface area contributed by atoms with Crippen LogP contribution in [0.3, 0.4) is 0 Å². The van der Waals surface area contributed by atoms with Crippen molar-refractivity contribution in [1.82, 2.24) is 14.8 Å². The number of halogens is 1. The maximum atomic E-state index is 13.1. The number of carbonyl (C=O) groups excluding carboxylic acids is 1. The van der Waals surface area contributed by atoms with Crippen molar-refractivity contribution >= 4 is 23.4 Å².